The van der Waals surface area contributed by atoms with Gasteiger partial charge in [-0.05, 0) is 19.4 Å². The zero-order valence-corrected chi connectivity index (χ0v) is 18.9. The number of thiazole rings is 1. The van der Waals surface area contributed by atoms with Crippen LogP contribution in [0.4, 0.5) is 0 Å². The first kappa shape index (κ1) is 21.1. The van der Waals surface area contributed by atoms with Crippen molar-refractivity contribution in [3.63, 3.8) is 0 Å². The summed E-state index contributed by atoms with van der Waals surface area (Å²) in [5.74, 6) is 0.991. The second kappa shape index (κ2) is 10.2. The number of halogens is 1. The van der Waals surface area contributed by atoms with E-state index in [1.807, 2.05) is 7.05 Å². The topological polar surface area (TPSA) is 43.8 Å². The fourth-order valence-electron chi connectivity index (χ4n) is 3.19. The lowest BCUT2D eigenvalue weighted by molar-refractivity contribution is 0.172. The van der Waals surface area contributed by atoms with E-state index in [1.165, 1.54) is 10.4 Å². The monoisotopic (exact) mass is 485 g/mol. The maximum atomic E-state index is 4.50. The van der Waals surface area contributed by atoms with Crippen molar-refractivity contribution in [2.75, 3.05) is 33.2 Å². The molecule has 0 saturated carbocycles. The number of guanidine groups is 1. The van der Waals surface area contributed by atoms with Gasteiger partial charge in [-0.3, -0.25) is 9.89 Å². The van der Waals surface area contributed by atoms with E-state index < -0.39 is 0 Å². The fraction of sp³-hybridized carbons (Fsp3) is 0.474. The van der Waals surface area contributed by atoms with Crippen LogP contribution in [0.15, 0.2) is 35.3 Å². The molecule has 0 unspecified atom stereocenters. The Morgan fingerprint density at radius 2 is 1.85 bits per heavy atom. The van der Waals surface area contributed by atoms with E-state index in [0.717, 1.165) is 55.9 Å². The van der Waals surface area contributed by atoms with Gasteiger partial charge in [0, 0.05) is 44.6 Å². The summed E-state index contributed by atoms with van der Waals surface area (Å²) in [5.41, 5.74) is 2.51. The van der Waals surface area contributed by atoms with Crippen LogP contribution in [-0.2, 0) is 13.1 Å². The molecule has 1 saturated heterocycles. The molecule has 0 atom stereocenters. The van der Waals surface area contributed by atoms with Gasteiger partial charge in [-0.25, -0.2) is 4.98 Å². The predicted molar refractivity (Wildman–Crippen MR) is 120 cm³/mol. The van der Waals surface area contributed by atoms with Crippen molar-refractivity contribution in [1.82, 2.24) is 20.1 Å². The fourth-order valence-corrected chi connectivity index (χ4v) is 4.07. The molecule has 7 heteroatoms. The van der Waals surface area contributed by atoms with E-state index in [4.69, 9.17) is 0 Å². The zero-order valence-electron chi connectivity index (χ0n) is 15.7. The molecule has 0 spiro atoms. The zero-order chi connectivity index (χ0) is 17.6. The molecule has 1 aliphatic rings. The summed E-state index contributed by atoms with van der Waals surface area (Å²) in [4.78, 5) is 15.1. The highest BCUT2D eigenvalue weighted by Crippen LogP contribution is 2.17. The minimum atomic E-state index is 0. The highest BCUT2D eigenvalue weighted by molar-refractivity contribution is 14.0. The van der Waals surface area contributed by atoms with Crippen molar-refractivity contribution in [1.29, 1.82) is 0 Å². The van der Waals surface area contributed by atoms with Crippen LogP contribution in [-0.4, -0.2) is 54.0 Å². The van der Waals surface area contributed by atoms with Gasteiger partial charge in [-0.2, -0.15) is 0 Å². The number of rotatable bonds is 4. The van der Waals surface area contributed by atoms with Crippen molar-refractivity contribution in [3.05, 3.63) is 51.5 Å². The molecule has 1 aromatic carbocycles. The summed E-state index contributed by atoms with van der Waals surface area (Å²) < 4.78 is 0. The molecular formula is C19H28IN5S. The Balaban J connectivity index is 0.00000243. The lowest BCUT2D eigenvalue weighted by Crippen LogP contribution is -2.52. The van der Waals surface area contributed by atoms with Crippen molar-refractivity contribution < 1.29 is 0 Å². The Kier molecular flexibility index (Phi) is 8.30. The standard InChI is InChI=1S/C19H27N5S.HI/c1-15-18(25-16(2)22-15)13-21-19(20-3)24-11-9-23(10-12-24)14-17-7-5-4-6-8-17;/h4-8H,9-14H2,1-3H3,(H,20,21);1H. The molecule has 5 nitrogen and oxygen atoms in total. The minimum absolute atomic E-state index is 0. The number of hydrogen-bond acceptors (Lipinski definition) is 4. The number of nitrogens with one attached hydrogen (secondary N) is 1. The van der Waals surface area contributed by atoms with E-state index in [9.17, 15) is 0 Å². The van der Waals surface area contributed by atoms with Gasteiger partial charge in [0.05, 0.1) is 17.2 Å². The van der Waals surface area contributed by atoms with Gasteiger partial charge in [0.15, 0.2) is 5.96 Å². The molecule has 0 amide bonds. The van der Waals surface area contributed by atoms with Crippen LogP contribution >= 0.6 is 35.3 Å². The Morgan fingerprint density at radius 1 is 1.15 bits per heavy atom. The first-order valence-electron chi connectivity index (χ1n) is 8.80. The van der Waals surface area contributed by atoms with E-state index in [-0.39, 0.29) is 24.0 Å². The van der Waals surface area contributed by atoms with Gasteiger partial charge in [0.1, 0.15) is 0 Å². The van der Waals surface area contributed by atoms with E-state index in [1.54, 1.807) is 11.3 Å². The van der Waals surface area contributed by atoms with Gasteiger partial charge < -0.3 is 10.2 Å². The van der Waals surface area contributed by atoms with Crippen LogP contribution in [0.3, 0.4) is 0 Å². The predicted octanol–water partition coefficient (Wildman–Crippen LogP) is 3.27. The molecule has 3 rings (SSSR count). The van der Waals surface area contributed by atoms with Crippen LogP contribution in [0.25, 0.3) is 0 Å². The number of piperazine rings is 1. The SMILES string of the molecule is CN=C(NCc1sc(C)nc1C)N1CCN(Cc2ccccc2)CC1.I. The first-order valence-corrected chi connectivity index (χ1v) is 9.62. The van der Waals surface area contributed by atoms with Gasteiger partial charge in [0.2, 0.25) is 0 Å². The van der Waals surface area contributed by atoms with E-state index in [2.05, 4.69) is 69.3 Å². The Hall–Kier alpha value is -1.19. The summed E-state index contributed by atoms with van der Waals surface area (Å²) in [7, 11) is 1.86. The van der Waals surface area contributed by atoms with Crippen molar-refractivity contribution in [2.45, 2.75) is 26.9 Å². The molecule has 0 radical (unpaired) electrons. The third kappa shape index (κ3) is 5.65. The molecule has 0 aliphatic carbocycles. The molecule has 2 heterocycles. The molecular weight excluding hydrogens is 457 g/mol. The van der Waals surface area contributed by atoms with Crippen LogP contribution in [0.2, 0.25) is 0 Å². The first-order chi connectivity index (χ1) is 12.2. The molecule has 0 bridgehead atoms. The lowest BCUT2D eigenvalue weighted by atomic mass is 10.2. The molecule has 1 aliphatic heterocycles. The largest absolute Gasteiger partial charge is 0.351 e. The van der Waals surface area contributed by atoms with Crippen LogP contribution < -0.4 is 5.32 Å². The second-order valence-electron chi connectivity index (χ2n) is 6.39. The molecule has 2 aromatic rings. The highest BCUT2D eigenvalue weighted by Gasteiger charge is 2.19. The second-order valence-corrected chi connectivity index (χ2v) is 7.68. The number of nitrogens with zero attached hydrogens (tertiary/aromatic N) is 4. The third-order valence-electron chi connectivity index (χ3n) is 4.54. The summed E-state index contributed by atoms with van der Waals surface area (Å²) in [6, 6.07) is 10.7. The smallest absolute Gasteiger partial charge is 0.194 e. The molecule has 26 heavy (non-hydrogen) atoms. The Morgan fingerprint density at radius 3 is 2.42 bits per heavy atom. The van der Waals surface area contributed by atoms with Gasteiger partial charge in [0.25, 0.3) is 0 Å². The minimum Gasteiger partial charge on any atom is -0.351 e. The Bertz CT molecular complexity index is 708. The highest BCUT2D eigenvalue weighted by atomic mass is 127. The van der Waals surface area contributed by atoms with Crippen molar-refractivity contribution >= 4 is 41.3 Å². The molecule has 142 valence electrons. The number of aliphatic imine (C=N–C) groups is 1. The molecule has 1 N–H and O–H groups in total. The van der Waals surface area contributed by atoms with Crippen LogP contribution in [0.1, 0.15) is 21.1 Å². The quantitative estimate of drug-likeness (QED) is 0.410. The third-order valence-corrected chi connectivity index (χ3v) is 5.61. The van der Waals surface area contributed by atoms with Gasteiger partial charge in [-0.15, -0.1) is 35.3 Å². The summed E-state index contributed by atoms with van der Waals surface area (Å²) in [5, 5.41) is 4.63. The Labute approximate surface area is 177 Å². The number of benzene rings is 1. The van der Waals surface area contributed by atoms with E-state index in [0.29, 0.717) is 0 Å². The normalized spacial score (nSPS) is 15.7. The average Bonchev–Trinajstić information content (AvgIpc) is 2.95. The lowest BCUT2D eigenvalue weighted by Gasteiger charge is -2.36. The van der Waals surface area contributed by atoms with Crippen LogP contribution in [0, 0.1) is 13.8 Å². The van der Waals surface area contributed by atoms with E-state index >= 15 is 0 Å². The van der Waals surface area contributed by atoms with Gasteiger partial charge >= 0.3 is 0 Å². The van der Waals surface area contributed by atoms with Crippen molar-refractivity contribution in [3.8, 4) is 0 Å². The molecule has 1 fully saturated rings. The van der Waals surface area contributed by atoms with Gasteiger partial charge in [-0.1, -0.05) is 30.3 Å². The number of aryl methyl sites for hydroxylation is 2. The summed E-state index contributed by atoms with van der Waals surface area (Å²) in [6.07, 6.45) is 0. The maximum absolute atomic E-state index is 4.50. The van der Waals surface area contributed by atoms with Crippen molar-refractivity contribution in [2.24, 2.45) is 4.99 Å². The number of hydrogen-bond donors (Lipinski definition) is 1. The van der Waals surface area contributed by atoms with Crippen LogP contribution in [0.5, 0.6) is 0 Å². The average molecular weight is 485 g/mol. The maximum Gasteiger partial charge on any atom is 0.194 e. The summed E-state index contributed by atoms with van der Waals surface area (Å²) >= 11 is 1.76. The molecule has 1 aromatic heterocycles. The summed E-state index contributed by atoms with van der Waals surface area (Å²) in [6.45, 7) is 10.1. The number of aromatic nitrogens is 1.